The van der Waals surface area contributed by atoms with Gasteiger partial charge in [-0.15, -0.1) is 0 Å². The van der Waals surface area contributed by atoms with Crippen molar-refractivity contribution in [3.8, 4) is 11.1 Å². The first-order valence-electron chi connectivity index (χ1n) is 12.2. The molecule has 0 spiro atoms. The summed E-state index contributed by atoms with van der Waals surface area (Å²) in [7, 11) is 2.15. The number of piperazine rings is 1. The molecule has 4 aromatic rings. The molecule has 3 N–H and O–H groups in total. The first-order chi connectivity index (χ1) is 17.9. The monoisotopic (exact) mass is 495 g/mol. The number of rotatable bonds is 6. The molecule has 2 aromatic carbocycles. The topological polar surface area (TPSA) is 106 Å². The lowest BCUT2D eigenvalue weighted by Gasteiger charge is -2.34. The summed E-state index contributed by atoms with van der Waals surface area (Å²) in [5.74, 6) is 0.112. The van der Waals surface area contributed by atoms with E-state index in [9.17, 15) is 9.59 Å². The van der Waals surface area contributed by atoms with Crippen molar-refractivity contribution in [3.05, 3.63) is 83.3 Å². The van der Waals surface area contributed by atoms with Gasteiger partial charge < -0.3 is 25.4 Å². The molecule has 1 fully saturated rings. The summed E-state index contributed by atoms with van der Waals surface area (Å²) in [5.41, 5.74) is 5.56. The van der Waals surface area contributed by atoms with Crippen molar-refractivity contribution in [2.75, 3.05) is 48.8 Å². The van der Waals surface area contributed by atoms with E-state index in [-0.39, 0.29) is 11.5 Å². The van der Waals surface area contributed by atoms with Crippen LogP contribution in [0.2, 0.25) is 0 Å². The molecular formula is C28H29N7O2. The van der Waals surface area contributed by atoms with Gasteiger partial charge in [-0.3, -0.25) is 9.59 Å². The van der Waals surface area contributed by atoms with E-state index in [4.69, 9.17) is 4.98 Å². The summed E-state index contributed by atoms with van der Waals surface area (Å²) in [5, 5.41) is 6.05. The minimum Gasteiger partial charge on any atom is -0.369 e. The predicted octanol–water partition coefficient (Wildman–Crippen LogP) is 3.91. The average molecular weight is 496 g/mol. The number of carbonyl (C=O) groups excluding carboxylic acids is 1. The summed E-state index contributed by atoms with van der Waals surface area (Å²) in [6, 6.07) is 15.5. The lowest BCUT2D eigenvalue weighted by atomic mass is 10.00. The number of anilines is 4. The fourth-order valence-corrected chi connectivity index (χ4v) is 4.48. The Balaban J connectivity index is 1.46. The molecule has 0 unspecified atom stereocenters. The van der Waals surface area contributed by atoms with Crippen molar-refractivity contribution >= 4 is 40.0 Å². The molecule has 188 valence electrons. The van der Waals surface area contributed by atoms with E-state index in [1.807, 2.05) is 30.3 Å². The smallest absolute Gasteiger partial charge is 0.252 e. The maximum atomic E-state index is 12.7. The van der Waals surface area contributed by atoms with Gasteiger partial charge in [-0.25, -0.2) is 9.97 Å². The van der Waals surface area contributed by atoms with Gasteiger partial charge in [0.15, 0.2) is 0 Å². The lowest BCUT2D eigenvalue weighted by molar-refractivity contribution is -0.111. The second kappa shape index (κ2) is 10.2. The molecule has 9 heteroatoms. The summed E-state index contributed by atoms with van der Waals surface area (Å²) >= 11 is 0. The van der Waals surface area contributed by atoms with Crippen LogP contribution < -0.4 is 21.1 Å². The van der Waals surface area contributed by atoms with Gasteiger partial charge in [0.1, 0.15) is 5.52 Å². The van der Waals surface area contributed by atoms with Crippen LogP contribution in [0.4, 0.5) is 23.0 Å². The molecule has 37 heavy (non-hydrogen) atoms. The number of carbonyl (C=O) groups is 1. The number of hydrogen-bond donors (Lipinski definition) is 3. The number of hydrogen-bond acceptors (Lipinski definition) is 7. The van der Waals surface area contributed by atoms with Crippen molar-refractivity contribution in [1.82, 2.24) is 19.9 Å². The van der Waals surface area contributed by atoms with E-state index in [1.54, 1.807) is 19.2 Å². The maximum Gasteiger partial charge on any atom is 0.252 e. The second-order valence-corrected chi connectivity index (χ2v) is 9.15. The predicted molar refractivity (Wildman–Crippen MR) is 149 cm³/mol. The Morgan fingerprint density at radius 3 is 2.57 bits per heavy atom. The quantitative estimate of drug-likeness (QED) is 0.348. The van der Waals surface area contributed by atoms with Crippen LogP contribution in [0.5, 0.6) is 0 Å². The van der Waals surface area contributed by atoms with E-state index in [1.165, 1.54) is 11.8 Å². The van der Waals surface area contributed by atoms with Gasteiger partial charge in [0.2, 0.25) is 11.9 Å². The van der Waals surface area contributed by atoms with Crippen LogP contribution in [0.1, 0.15) is 5.56 Å². The molecule has 5 rings (SSSR count). The van der Waals surface area contributed by atoms with Gasteiger partial charge in [0.05, 0.1) is 11.7 Å². The van der Waals surface area contributed by atoms with Crippen molar-refractivity contribution in [2.45, 2.75) is 6.92 Å². The van der Waals surface area contributed by atoms with Gasteiger partial charge in [-0.2, -0.15) is 0 Å². The van der Waals surface area contributed by atoms with E-state index < -0.39 is 0 Å². The molecule has 3 heterocycles. The Labute approximate surface area is 214 Å². The van der Waals surface area contributed by atoms with Gasteiger partial charge in [0, 0.05) is 54.4 Å². The summed E-state index contributed by atoms with van der Waals surface area (Å²) in [6.07, 6.45) is 2.82. The molecule has 1 amide bonds. The van der Waals surface area contributed by atoms with Crippen LogP contribution in [-0.4, -0.2) is 59.0 Å². The molecular weight excluding hydrogens is 466 g/mol. The van der Waals surface area contributed by atoms with Crippen molar-refractivity contribution in [2.24, 2.45) is 0 Å². The van der Waals surface area contributed by atoms with Crippen LogP contribution in [-0.2, 0) is 4.79 Å². The maximum absolute atomic E-state index is 12.7. The highest BCUT2D eigenvalue weighted by Gasteiger charge is 2.16. The van der Waals surface area contributed by atoms with Crippen LogP contribution in [0.3, 0.4) is 0 Å². The average Bonchev–Trinajstić information content (AvgIpc) is 2.91. The molecule has 0 atom stereocenters. The van der Waals surface area contributed by atoms with Crippen molar-refractivity contribution in [1.29, 1.82) is 0 Å². The van der Waals surface area contributed by atoms with Crippen LogP contribution in [0.15, 0.2) is 72.2 Å². The zero-order valence-corrected chi connectivity index (χ0v) is 20.9. The van der Waals surface area contributed by atoms with E-state index in [0.717, 1.165) is 37.4 Å². The van der Waals surface area contributed by atoms with Gasteiger partial charge in [-0.05, 0) is 62.0 Å². The highest BCUT2D eigenvalue weighted by Crippen LogP contribution is 2.30. The zero-order chi connectivity index (χ0) is 25.9. The first kappa shape index (κ1) is 24.2. The SMILES string of the molecule is C=CC(=O)Nc1cccc(-c2c(C)c(=O)[nH]c3cnc(Nc4ccc(N5CCN(C)CC5)cc4)nc23)c1. The molecule has 0 bridgehead atoms. The van der Waals surface area contributed by atoms with Gasteiger partial charge in [0.25, 0.3) is 5.56 Å². The van der Waals surface area contributed by atoms with Crippen LogP contribution in [0.25, 0.3) is 22.2 Å². The van der Waals surface area contributed by atoms with Crippen LogP contribution in [0, 0.1) is 6.92 Å². The number of likely N-dealkylation sites (N-methyl/N-ethyl adjacent to an activating group) is 1. The van der Waals surface area contributed by atoms with E-state index in [2.05, 4.69) is 56.2 Å². The number of benzene rings is 2. The molecule has 1 saturated heterocycles. The Bertz CT molecular complexity index is 1520. The Morgan fingerprint density at radius 1 is 1.08 bits per heavy atom. The highest BCUT2D eigenvalue weighted by molar-refractivity contribution is 6.00. The third-order valence-corrected chi connectivity index (χ3v) is 6.59. The van der Waals surface area contributed by atoms with Crippen LogP contribution >= 0.6 is 0 Å². The number of aromatic amines is 1. The van der Waals surface area contributed by atoms with E-state index in [0.29, 0.717) is 33.8 Å². The van der Waals surface area contributed by atoms with Gasteiger partial charge >= 0.3 is 0 Å². The van der Waals surface area contributed by atoms with E-state index >= 15 is 0 Å². The number of nitrogens with one attached hydrogen (secondary N) is 3. The lowest BCUT2D eigenvalue weighted by Crippen LogP contribution is -2.44. The van der Waals surface area contributed by atoms with Crippen molar-refractivity contribution in [3.63, 3.8) is 0 Å². The Hall–Kier alpha value is -4.50. The van der Waals surface area contributed by atoms with Gasteiger partial charge in [-0.1, -0.05) is 18.7 Å². The third-order valence-electron chi connectivity index (χ3n) is 6.59. The second-order valence-electron chi connectivity index (χ2n) is 9.15. The fraction of sp³-hybridized carbons (Fsp3) is 0.214. The first-order valence-corrected chi connectivity index (χ1v) is 12.2. The highest BCUT2D eigenvalue weighted by atomic mass is 16.1. The molecule has 1 aliphatic rings. The largest absolute Gasteiger partial charge is 0.369 e. The zero-order valence-electron chi connectivity index (χ0n) is 20.9. The summed E-state index contributed by atoms with van der Waals surface area (Å²) in [4.78, 5) is 41.2. The number of fused-ring (bicyclic) bond motifs is 1. The Morgan fingerprint density at radius 2 is 1.84 bits per heavy atom. The minimum atomic E-state index is -0.308. The normalized spacial score (nSPS) is 13.9. The Kier molecular flexibility index (Phi) is 6.70. The molecule has 9 nitrogen and oxygen atoms in total. The standard InChI is InChI=1S/C28H29N7O2/c1-4-24(36)30-21-7-5-6-19(16-21)25-18(2)27(37)32-23-17-29-28(33-26(23)25)31-20-8-10-22(11-9-20)35-14-12-34(3)13-15-35/h4-11,16-17H,1,12-15H2,2-3H3,(H,30,36)(H,32,37)(H,29,31,33). The number of H-pyrrole nitrogens is 1. The van der Waals surface area contributed by atoms with Crippen molar-refractivity contribution < 1.29 is 4.79 Å². The molecule has 0 saturated carbocycles. The molecule has 2 aromatic heterocycles. The molecule has 1 aliphatic heterocycles. The minimum absolute atomic E-state index is 0.216. The summed E-state index contributed by atoms with van der Waals surface area (Å²) < 4.78 is 0. The molecule has 0 aliphatic carbocycles. The number of pyridine rings is 1. The third kappa shape index (κ3) is 5.22. The fourth-order valence-electron chi connectivity index (χ4n) is 4.48. The molecule has 0 radical (unpaired) electrons. The summed E-state index contributed by atoms with van der Waals surface area (Å²) in [6.45, 7) is 9.38. The number of aromatic nitrogens is 3. The number of nitrogens with zero attached hydrogens (tertiary/aromatic N) is 4. The number of amides is 1.